The Morgan fingerprint density at radius 3 is 2.54 bits per heavy atom. The lowest BCUT2D eigenvalue weighted by molar-refractivity contribution is 0.102. The summed E-state index contributed by atoms with van der Waals surface area (Å²) >= 11 is 6.07. The molecular formula is C19H20ClN3O. The lowest BCUT2D eigenvalue weighted by Gasteiger charge is -2.09. The summed E-state index contributed by atoms with van der Waals surface area (Å²) in [6, 6.07) is 11.5. The van der Waals surface area contributed by atoms with Gasteiger partial charge in [-0.15, -0.1) is 0 Å². The summed E-state index contributed by atoms with van der Waals surface area (Å²) < 4.78 is 1.75. The second-order valence-corrected chi connectivity index (χ2v) is 6.50. The third kappa shape index (κ3) is 3.15. The Kier molecular flexibility index (Phi) is 4.58. The number of imidazole rings is 1. The van der Waals surface area contributed by atoms with Crippen LogP contribution in [0.2, 0.25) is 5.02 Å². The van der Waals surface area contributed by atoms with Crippen LogP contribution in [0, 0.1) is 0 Å². The van der Waals surface area contributed by atoms with Crippen molar-refractivity contribution in [2.45, 2.75) is 33.1 Å². The number of anilines is 1. The van der Waals surface area contributed by atoms with Crippen LogP contribution in [-0.4, -0.2) is 15.3 Å². The molecule has 5 heteroatoms. The van der Waals surface area contributed by atoms with Gasteiger partial charge in [0.2, 0.25) is 0 Å². The second kappa shape index (κ2) is 6.65. The van der Waals surface area contributed by atoms with E-state index in [0.29, 0.717) is 23.1 Å². The Bertz CT molecular complexity index is 882. The summed E-state index contributed by atoms with van der Waals surface area (Å²) in [6.07, 6.45) is 2.40. The molecule has 0 radical (unpaired) electrons. The molecule has 0 saturated carbocycles. The molecule has 0 saturated heterocycles. The first kappa shape index (κ1) is 16.5. The fourth-order valence-electron chi connectivity index (χ4n) is 2.70. The molecule has 4 nitrogen and oxygen atoms in total. The summed E-state index contributed by atoms with van der Waals surface area (Å²) in [5, 5.41) is 3.52. The third-order valence-corrected chi connectivity index (χ3v) is 4.26. The number of aromatic nitrogens is 2. The van der Waals surface area contributed by atoms with Crippen LogP contribution in [0.25, 0.3) is 5.65 Å². The number of aryl methyl sites for hydroxylation is 1. The van der Waals surface area contributed by atoms with Crippen molar-refractivity contribution in [3.05, 3.63) is 64.6 Å². The highest BCUT2D eigenvalue weighted by Gasteiger charge is 2.18. The van der Waals surface area contributed by atoms with Crippen molar-refractivity contribution < 1.29 is 4.79 Å². The molecule has 1 N–H and O–H groups in total. The molecule has 0 aliphatic carbocycles. The molecule has 3 aromatic rings. The summed E-state index contributed by atoms with van der Waals surface area (Å²) in [5.41, 5.74) is 4.01. The van der Waals surface area contributed by atoms with E-state index in [1.54, 1.807) is 16.7 Å². The molecule has 124 valence electrons. The van der Waals surface area contributed by atoms with E-state index in [9.17, 15) is 4.79 Å². The molecule has 24 heavy (non-hydrogen) atoms. The van der Waals surface area contributed by atoms with E-state index < -0.39 is 0 Å². The number of nitrogens with one attached hydrogen (secondary N) is 1. The predicted molar refractivity (Wildman–Crippen MR) is 98.1 cm³/mol. The van der Waals surface area contributed by atoms with Crippen molar-refractivity contribution in [2.24, 2.45) is 0 Å². The van der Waals surface area contributed by atoms with Gasteiger partial charge in [-0.1, -0.05) is 44.5 Å². The number of halogens is 1. The Morgan fingerprint density at radius 1 is 1.21 bits per heavy atom. The topological polar surface area (TPSA) is 46.4 Å². The van der Waals surface area contributed by atoms with Crippen molar-refractivity contribution in [3.63, 3.8) is 0 Å². The van der Waals surface area contributed by atoms with Crippen LogP contribution < -0.4 is 5.32 Å². The standard InChI is InChI=1S/C19H20ClN3O/c1-4-16-18(23-11-14(20)7-10-17(23)22-16)19(24)21-15-8-5-13(6-9-15)12(2)3/h5-12H,4H2,1-3H3,(H,21,24). The molecule has 0 fully saturated rings. The SMILES string of the molecule is CCc1nc2ccc(Cl)cn2c1C(=O)Nc1ccc(C(C)C)cc1. The maximum Gasteiger partial charge on any atom is 0.274 e. The number of pyridine rings is 1. The number of amides is 1. The minimum atomic E-state index is -0.182. The fraction of sp³-hybridized carbons (Fsp3) is 0.263. The van der Waals surface area contributed by atoms with E-state index in [1.165, 1.54) is 5.56 Å². The Hall–Kier alpha value is -2.33. The molecular weight excluding hydrogens is 322 g/mol. The highest BCUT2D eigenvalue weighted by molar-refractivity contribution is 6.30. The second-order valence-electron chi connectivity index (χ2n) is 6.07. The Morgan fingerprint density at radius 2 is 1.92 bits per heavy atom. The zero-order chi connectivity index (χ0) is 17.3. The largest absolute Gasteiger partial charge is 0.321 e. The van der Waals surface area contributed by atoms with Crippen molar-refractivity contribution in [1.82, 2.24) is 9.38 Å². The number of nitrogens with zero attached hydrogens (tertiary/aromatic N) is 2. The molecule has 1 aromatic carbocycles. The van der Waals surface area contributed by atoms with Crippen molar-refractivity contribution in [2.75, 3.05) is 5.32 Å². The van der Waals surface area contributed by atoms with Gasteiger partial charge in [0.05, 0.1) is 10.7 Å². The monoisotopic (exact) mass is 341 g/mol. The summed E-state index contributed by atoms with van der Waals surface area (Å²) in [6.45, 7) is 6.27. The predicted octanol–water partition coefficient (Wildman–Crippen LogP) is 4.93. The van der Waals surface area contributed by atoms with Gasteiger partial charge in [-0.3, -0.25) is 9.20 Å². The minimum Gasteiger partial charge on any atom is -0.321 e. The number of benzene rings is 1. The first-order valence-electron chi connectivity index (χ1n) is 8.07. The van der Waals surface area contributed by atoms with Crippen molar-refractivity contribution in [1.29, 1.82) is 0 Å². The van der Waals surface area contributed by atoms with Crippen LogP contribution in [0.4, 0.5) is 5.69 Å². The van der Waals surface area contributed by atoms with Gasteiger partial charge < -0.3 is 5.32 Å². The molecule has 3 rings (SSSR count). The average molecular weight is 342 g/mol. The first-order chi connectivity index (χ1) is 11.5. The third-order valence-electron chi connectivity index (χ3n) is 4.04. The Labute approximate surface area is 146 Å². The van der Waals surface area contributed by atoms with E-state index in [0.717, 1.165) is 17.0 Å². The molecule has 2 heterocycles. The van der Waals surface area contributed by atoms with Gasteiger partial charge >= 0.3 is 0 Å². The summed E-state index contributed by atoms with van der Waals surface area (Å²) in [4.78, 5) is 17.3. The number of hydrogen-bond acceptors (Lipinski definition) is 2. The fourth-order valence-corrected chi connectivity index (χ4v) is 2.86. The summed E-state index contributed by atoms with van der Waals surface area (Å²) in [7, 11) is 0. The maximum absolute atomic E-state index is 12.8. The van der Waals surface area contributed by atoms with Gasteiger partial charge in [0.1, 0.15) is 11.3 Å². The van der Waals surface area contributed by atoms with Crippen LogP contribution >= 0.6 is 11.6 Å². The highest BCUT2D eigenvalue weighted by Crippen LogP contribution is 2.20. The molecule has 1 amide bonds. The van der Waals surface area contributed by atoms with Crippen LogP contribution in [0.5, 0.6) is 0 Å². The Balaban J connectivity index is 1.94. The zero-order valence-electron chi connectivity index (χ0n) is 14.0. The molecule has 0 spiro atoms. The lowest BCUT2D eigenvalue weighted by Crippen LogP contribution is -2.16. The van der Waals surface area contributed by atoms with Gasteiger partial charge in [-0.05, 0) is 42.2 Å². The summed E-state index contributed by atoms with van der Waals surface area (Å²) in [5.74, 6) is 0.279. The van der Waals surface area contributed by atoms with Crippen molar-refractivity contribution >= 4 is 28.8 Å². The zero-order valence-corrected chi connectivity index (χ0v) is 14.8. The van der Waals surface area contributed by atoms with E-state index in [2.05, 4.69) is 24.1 Å². The number of carbonyl (C=O) groups is 1. The van der Waals surface area contributed by atoms with Gasteiger partial charge in [-0.2, -0.15) is 0 Å². The molecule has 0 atom stereocenters. The lowest BCUT2D eigenvalue weighted by atomic mass is 10.0. The van der Waals surface area contributed by atoms with E-state index >= 15 is 0 Å². The van der Waals surface area contributed by atoms with E-state index in [-0.39, 0.29) is 5.91 Å². The average Bonchev–Trinajstić information content (AvgIpc) is 2.93. The first-order valence-corrected chi connectivity index (χ1v) is 8.45. The van der Waals surface area contributed by atoms with Crippen LogP contribution in [0.15, 0.2) is 42.6 Å². The normalized spacial score (nSPS) is 11.2. The van der Waals surface area contributed by atoms with Gasteiger partial charge in [0.25, 0.3) is 5.91 Å². The maximum atomic E-state index is 12.8. The molecule has 0 unspecified atom stereocenters. The molecule has 0 aliphatic rings. The quantitative estimate of drug-likeness (QED) is 0.731. The number of rotatable bonds is 4. The highest BCUT2D eigenvalue weighted by atomic mass is 35.5. The molecule has 0 aliphatic heterocycles. The van der Waals surface area contributed by atoms with Gasteiger partial charge in [-0.25, -0.2) is 4.98 Å². The van der Waals surface area contributed by atoms with Gasteiger partial charge in [0, 0.05) is 11.9 Å². The number of hydrogen-bond donors (Lipinski definition) is 1. The number of fused-ring (bicyclic) bond motifs is 1. The smallest absolute Gasteiger partial charge is 0.274 e. The van der Waals surface area contributed by atoms with Crippen molar-refractivity contribution in [3.8, 4) is 0 Å². The number of carbonyl (C=O) groups excluding carboxylic acids is 1. The van der Waals surface area contributed by atoms with Crippen LogP contribution in [0.1, 0.15) is 48.4 Å². The molecule has 0 bridgehead atoms. The van der Waals surface area contributed by atoms with Crippen LogP contribution in [-0.2, 0) is 6.42 Å². The minimum absolute atomic E-state index is 0.182. The van der Waals surface area contributed by atoms with Gasteiger partial charge in [0.15, 0.2) is 0 Å². The molecule has 2 aromatic heterocycles. The van der Waals surface area contributed by atoms with E-state index in [4.69, 9.17) is 11.6 Å². The van der Waals surface area contributed by atoms with Crippen LogP contribution in [0.3, 0.4) is 0 Å². The van der Waals surface area contributed by atoms with E-state index in [1.807, 2.05) is 37.3 Å².